The highest BCUT2D eigenvalue weighted by molar-refractivity contribution is 5.90. The van der Waals surface area contributed by atoms with Gasteiger partial charge in [-0.25, -0.2) is 4.39 Å². The van der Waals surface area contributed by atoms with Crippen molar-refractivity contribution >= 4 is 11.8 Å². The van der Waals surface area contributed by atoms with Gasteiger partial charge in [0.1, 0.15) is 11.8 Å². The minimum Gasteiger partial charge on any atom is -0.454 e. The molecule has 3 rings (SSSR count). The van der Waals surface area contributed by atoms with Gasteiger partial charge in [0.2, 0.25) is 11.8 Å². The molecule has 1 aliphatic heterocycles. The topological polar surface area (TPSA) is 67.4 Å². The SMILES string of the molecule is O=C1CCC(C(=O)NCCc2ccc(Oc3ccccc3)c(F)c2)N1. The molecule has 0 bridgehead atoms. The van der Waals surface area contributed by atoms with E-state index in [0.29, 0.717) is 31.6 Å². The first-order chi connectivity index (χ1) is 12.1. The van der Waals surface area contributed by atoms with Gasteiger partial charge in [0, 0.05) is 13.0 Å². The molecule has 1 aliphatic rings. The Labute approximate surface area is 145 Å². The summed E-state index contributed by atoms with van der Waals surface area (Å²) in [6.45, 7) is 0.379. The number of para-hydroxylation sites is 1. The Bertz CT molecular complexity index is 765. The van der Waals surface area contributed by atoms with Crippen molar-refractivity contribution in [3.05, 3.63) is 59.9 Å². The van der Waals surface area contributed by atoms with Crippen LogP contribution in [0.25, 0.3) is 0 Å². The lowest BCUT2D eigenvalue weighted by Gasteiger charge is -2.11. The number of benzene rings is 2. The van der Waals surface area contributed by atoms with E-state index in [1.807, 2.05) is 18.2 Å². The first kappa shape index (κ1) is 17.0. The van der Waals surface area contributed by atoms with Gasteiger partial charge in [0.25, 0.3) is 0 Å². The molecule has 0 aromatic heterocycles. The van der Waals surface area contributed by atoms with Gasteiger partial charge in [-0.15, -0.1) is 0 Å². The molecule has 6 heteroatoms. The molecule has 2 N–H and O–H groups in total. The fourth-order valence-corrected chi connectivity index (χ4v) is 2.66. The second-order valence-electron chi connectivity index (χ2n) is 5.88. The number of hydrogen-bond donors (Lipinski definition) is 2. The van der Waals surface area contributed by atoms with E-state index in [9.17, 15) is 14.0 Å². The van der Waals surface area contributed by atoms with Crippen LogP contribution in [-0.4, -0.2) is 24.4 Å². The molecule has 2 aromatic carbocycles. The molecule has 0 spiro atoms. The molecule has 0 aliphatic carbocycles. The highest BCUT2D eigenvalue weighted by Crippen LogP contribution is 2.25. The van der Waals surface area contributed by atoms with Crippen molar-refractivity contribution in [2.24, 2.45) is 0 Å². The highest BCUT2D eigenvalue weighted by atomic mass is 19.1. The second-order valence-corrected chi connectivity index (χ2v) is 5.88. The zero-order valence-electron chi connectivity index (χ0n) is 13.6. The molecule has 1 atom stereocenters. The summed E-state index contributed by atoms with van der Waals surface area (Å²) in [4.78, 5) is 23.0. The fourth-order valence-electron chi connectivity index (χ4n) is 2.66. The first-order valence-corrected chi connectivity index (χ1v) is 8.20. The van der Waals surface area contributed by atoms with Gasteiger partial charge in [-0.1, -0.05) is 24.3 Å². The zero-order chi connectivity index (χ0) is 17.6. The van der Waals surface area contributed by atoms with Crippen LogP contribution in [0.5, 0.6) is 11.5 Å². The molecule has 2 amide bonds. The molecule has 1 unspecified atom stereocenters. The summed E-state index contributed by atoms with van der Waals surface area (Å²) in [5, 5.41) is 5.37. The van der Waals surface area contributed by atoms with Crippen LogP contribution in [0.3, 0.4) is 0 Å². The number of amides is 2. The second kappa shape index (κ2) is 7.79. The van der Waals surface area contributed by atoms with Gasteiger partial charge < -0.3 is 15.4 Å². The van der Waals surface area contributed by atoms with Crippen LogP contribution in [-0.2, 0) is 16.0 Å². The molecule has 1 saturated heterocycles. The normalized spacial score (nSPS) is 16.4. The Kier molecular flexibility index (Phi) is 5.28. The number of carbonyl (C=O) groups excluding carboxylic acids is 2. The Morgan fingerprint density at radius 2 is 2.04 bits per heavy atom. The number of ether oxygens (including phenoxy) is 1. The van der Waals surface area contributed by atoms with Gasteiger partial charge in [-0.05, 0) is 42.7 Å². The van der Waals surface area contributed by atoms with Crippen molar-refractivity contribution in [1.29, 1.82) is 0 Å². The molecule has 1 heterocycles. The van der Waals surface area contributed by atoms with E-state index >= 15 is 0 Å². The van der Waals surface area contributed by atoms with Crippen LogP contribution in [0.1, 0.15) is 18.4 Å². The van der Waals surface area contributed by atoms with E-state index in [4.69, 9.17) is 4.74 Å². The average molecular weight is 342 g/mol. The quantitative estimate of drug-likeness (QED) is 0.848. The van der Waals surface area contributed by atoms with E-state index < -0.39 is 11.9 Å². The van der Waals surface area contributed by atoms with Gasteiger partial charge in [-0.3, -0.25) is 9.59 Å². The van der Waals surface area contributed by atoms with Gasteiger partial charge in [0.15, 0.2) is 11.6 Å². The van der Waals surface area contributed by atoms with Crippen LogP contribution >= 0.6 is 0 Å². The summed E-state index contributed by atoms with van der Waals surface area (Å²) in [5.74, 6) is -0.0185. The molecule has 2 aromatic rings. The van der Waals surface area contributed by atoms with E-state index in [0.717, 1.165) is 5.56 Å². The Hall–Kier alpha value is -2.89. The monoisotopic (exact) mass is 342 g/mol. The maximum atomic E-state index is 14.2. The van der Waals surface area contributed by atoms with E-state index in [2.05, 4.69) is 10.6 Å². The highest BCUT2D eigenvalue weighted by Gasteiger charge is 2.26. The van der Waals surface area contributed by atoms with Crippen molar-refractivity contribution < 1.29 is 18.7 Å². The van der Waals surface area contributed by atoms with E-state index in [1.54, 1.807) is 24.3 Å². The number of rotatable bonds is 6. The van der Waals surface area contributed by atoms with Gasteiger partial charge in [-0.2, -0.15) is 0 Å². The maximum Gasteiger partial charge on any atom is 0.242 e. The standard InChI is InChI=1S/C19H19FN2O3/c20-15-12-13(6-8-17(15)25-14-4-2-1-3-5-14)10-11-21-19(24)16-7-9-18(23)22-16/h1-6,8,12,16H,7,9-11H2,(H,21,24)(H,22,23). The first-order valence-electron chi connectivity index (χ1n) is 8.20. The summed E-state index contributed by atoms with van der Waals surface area (Å²) in [6, 6.07) is 13.3. The third-order valence-corrected chi connectivity index (χ3v) is 3.99. The van der Waals surface area contributed by atoms with Crippen LogP contribution < -0.4 is 15.4 Å². The van der Waals surface area contributed by atoms with Crippen molar-refractivity contribution in [1.82, 2.24) is 10.6 Å². The Balaban J connectivity index is 1.51. The minimum absolute atomic E-state index is 0.101. The maximum absolute atomic E-state index is 14.2. The van der Waals surface area contributed by atoms with Crippen LogP contribution in [0.2, 0.25) is 0 Å². The zero-order valence-corrected chi connectivity index (χ0v) is 13.6. The summed E-state index contributed by atoms with van der Waals surface area (Å²) in [5.41, 5.74) is 0.758. The minimum atomic E-state index is -0.453. The largest absolute Gasteiger partial charge is 0.454 e. The van der Waals surface area contributed by atoms with Crippen LogP contribution in [0.15, 0.2) is 48.5 Å². The fraction of sp³-hybridized carbons (Fsp3) is 0.263. The van der Waals surface area contributed by atoms with Crippen LogP contribution in [0.4, 0.5) is 4.39 Å². The molecule has 25 heavy (non-hydrogen) atoms. The Morgan fingerprint density at radius 3 is 2.72 bits per heavy atom. The number of nitrogens with one attached hydrogen (secondary N) is 2. The van der Waals surface area contributed by atoms with Crippen LogP contribution in [0, 0.1) is 5.82 Å². The van der Waals surface area contributed by atoms with E-state index in [1.165, 1.54) is 6.07 Å². The summed E-state index contributed by atoms with van der Waals surface area (Å²) < 4.78 is 19.6. The Morgan fingerprint density at radius 1 is 1.24 bits per heavy atom. The van der Waals surface area contributed by atoms with Crippen molar-refractivity contribution in [3.63, 3.8) is 0 Å². The molecule has 0 saturated carbocycles. The van der Waals surface area contributed by atoms with Crippen molar-refractivity contribution in [2.75, 3.05) is 6.54 Å². The van der Waals surface area contributed by atoms with Gasteiger partial charge in [0.05, 0.1) is 0 Å². The molecular formula is C19H19FN2O3. The third kappa shape index (κ3) is 4.56. The lowest BCUT2D eigenvalue weighted by Crippen LogP contribution is -2.42. The average Bonchev–Trinajstić information content (AvgIpc) is 3.05. The molecule has 0 radical (unpaired) electrons. The smallest absolute Gasteiger partial charge is 0.242 e. The molecular weight excluding hydrogens is 323 g/mol. The summed E-state index contributed by atoms with van der Waals surface area (Å²) in [7, 11) is 0. The molecule has 1 fully saturated rings. The lowest BCUT2D eigenvalue weighted by molar-refractivity contribution is -0.125. The molecule has 5 nitrogen and oxygen atoms in total. The summed E-state index contributed by atoms with van der Waals surface area (Å²) >= 11 is 0. The lowest BCUT2D eigenvalue weighted by atomic mass is 10.1. The third-order valence-electron chi connectivity index (χ3n) is 3.99. The number of hydrogen-bond acceptors (Lipinski definition) is 3. The predicted octanol–water partition coefficient (Wildman–Crippen LogP) is 2.56. The van der Waals surface area contributed by atoms with E-state index in [-0.39, 0.29) is 17.6 Å². The molecule has 130 valence electrons. The van der Waals surface area contributed by atoms with Crippen molar-refractivity contribution in [2.45, 2.75) is 25.3 Å². The number of carbonyl (C=O) groups is 2. The summed E-state index contributed by atoms with van der Waals surface area (Å²) in [6.07, 6.45) is 1.39. The van der Waals surface area contributed by atoms with Gasteiger partial charge >= 0.3 is 0 Å². The number of halogens is 1. The predicted molar refractivity (Wildman–Crippen MR) is 90.8 cm³/mol. The van der Waals surface area contributed by atoms with Crippen molar-refractivity contribution in [3.8, 4) is 11.5 Å².